The Morgan fingerprint density at radius 1 is 1.32 bits per heavy atom. The lowest BCUT2D eigenvalue weighted by Gasteiger charge is -2.54. The number of aliphatic imine (C=N–C) groups is 1. The van der Waals surface area contributed by atoms with Crippen molar-refractivity contribution in [3.05, 3.63) is 29.8 Å². The van der Waals surface area contributed by atoms with Gasteiger partial charge in [0.25, 0.3) is 0 Å². The van der Waals surface area contributed by atoms with Gasteiger partial charge in [-0.05, 0) is 43.9 Å². The normalized spacial score (nSPS) is 24.8. The Morgan fingerprint density at radius 3 is 2.80 bits per heavy atom. The molecule has 0 saturated heterocycles. The molecule has 2 atom stereocenters. The van der Waals surface area contributed by atoms with Gasteiger partial charge in [0.05, 0.1) is 13.2 Å². The molecule has 0 amide bonds. The van der Waals surface area contributed by atoms with E-state index in [2.05, 4.69) is 28.6 Å². The third-order valence-corrected chi connectivity index (χ3v) is 5.82. The van der Waals surface area contributed by atoms with Gasteiger partial charge in [-0.1, -0.05) is 25.0 Å². The van der Waals surface area contributed by atoms with E-state index in [1.807, 2.05) is 25.2 Å². The first kappa shape index (κ1) is 18.1. The quantitative estimate of drug-likeness (QED) is 0.614. The lowest BCUT2D eigenvalue weighted by atomic mass is 9.60. The lowest BCUT2D eigenvalue weighted by molar-refractivity contribution is -0.125. The van der Waals surface area contributed by atoms with Crippen molar-refractivity contribution in [3.63, 3.8) is 0 Å². The highest BCUT2D eigenvalue weighted by Gasteiger charge is 2.56. The molecule has 0 heterocycles. The number of hydrogen-bond donors (Lipinski definition) is 2. The third-order valence-electron chi connectivity index (χ3n) is 5.82. The van der Waals surface area contributed by atoms with Crippen LogP contribution in [-0.4, -0.2) is 38.9 Å². The van der Waals surface area contributed by atoms with Crippen LogP contribution in [0.2, 0.25) is 0 Å². The molecule has 2 saturated carbocycles. The van der Waals surface area contributed by atoms with E-state index in [4.69, 9.17) is 9.47 Å². The number of methoxy groups -OCH3 is 1. The molecular weight excluding hydrogens is 314 g/mol. The largest absolute Gasteiger partial charge is 0.497 e. The molecular formula is C20H31N3O2. The van der Waals surface area contributed by atoms with Crippen LogP contribution in [0.25, 0.3) is 0 Å². The summed E-state index contributed by atoms with van der Waals surface area (Å²) < 4.78 is 11.3. The number of nitrogens with zero attached hydrogens (tertiary/aromatic N) is 1. The summed E-state index contributed by atoms with van der Waals surface area (Å²) in [7, 11) is 3.53. The van der Waals surface area contributed by atoms with E-state index in [-0.39, 0.29) is 0 Å². The minimum atomic E-state index is 0.309. The molecule has 1 spiro atoms. The number of benzene rings is 1. The Balaban J connectivity index is 1.57. The molecule has 1 aromatic rings. The van der Waals surface area contributed by atoms with Crippen LogP contribution in [0.15, 0.2) is 29.3 Å². The van der Waals surface area contributed by atoms with Gasteiger partial charge >= 0.3 is 0 Å². The molecule has 25 heavy (non-hydrogen) atoms. The molecule has 0 bridgehead atoms. The van der Waals surface area contributed by atoms with Crippen LogP contribution in [0.1, 0.15) is 44.6 Å². The second kappa shape index (κ2) is 8.09. The molecule has 5 nitrogen and oxygen atoms in total. The summed E-state index contributed by atoms with van der Waals surface area (Å²) in [6.45, 7) is 3.63. The molecule has 2 fully saturated rings. The van der Waals surface area contributed by atoms with E-state index in [1.54, 1.807) is 7.11 Å². The van der Waals surface area contributed by atoms with Crippen LogP contribution in [0, 0.1) is 5.41 Å². The predicted octanol–water partition coefficient (Wildman–Crippen LogP) is 3.10. The van der Waals surface area contributed by atoms with Crippen molar-refractivity contribution < 1.29 is 9.47 Å². The average Bonchev–Trinajstić information content (AvgIpc) is 3.16. The first-order valence-electron chi connectivity index (χ1n) is 9.43. The topological polar surface area (TPSA) is 54.9 Å². The van der Waals surface area contributed by atoms with E-state index in [0.717, 1.165) is 31.3 Å². The molecule has 2 N–H and O–H groups in total. The van der Waals surface area contributed by atoms with E-state index in [1.165, 1.54) is 31.2 Å². The Morgan fingerprint density at radius 2 is 2.12 bits per heavy atom. The summed E-state index contributed by atoms with van der Waals surface area (Å²) >= 11 is 0. The first-order valence-corrected chi connectivity index (χ1v) is 9.43. The van der Waals surface area contributed by atoms with Gasteiger partial charge < -0.3 is 20.1 Å². The lowest BCUT2D eigenvalue weighted by Crippen LogP contribution is -2.65. The fourth-order valence-corrected chi connectivity index (χ4v) is 4.42. The standard InChI is InChI=1S/C20H31N3O2/c1-4-25-18-13-17(20(18)10-5-6-11-20)23-19(21-2)22-14-15-8-7-9-16(12-15)24-3/h7-9,12,17-18H,4-6,10-11,13-14H2,1-3H3,(H2,21,22,23). The van der Waals surface area contributed by atoms with Gasteiger partial charge in [0, 0.05) is 31.7 Å². The number of hydrogen-bond acceptors (Lipinski definition) is 3. The van der Waals surface area contributed by atoms with Crippen molar-refractivity contribution in [2.45, 2.75) is 57.7 Å². The summed E-state index contributed by atoms with van der Waals surface area (Å²) in [6, 6.07) is 8.58. The van der Waals surface area contributed by atoms with Gasteiger partial charge in [-0.15, -0.1) is 0 Å². The molecule has 1 aromatic carbocycles. The van der Waals surface area contributed by atoms with Crippen LogP contribution >= 0.6 is 0 Å². The van der Waals surface area contributed by atoms with Crippen LogP contribution in [0.5, 0.6) is 5.75 Å². The minimum Gasteiger partial charge on any atom is -0.497 e. The third kappa shape index (κ3) is 3.76. The smallest absolute Gasteiger partial charge is 0.191 e. The Hall–Kier alpha value is -1.75. The summed E-state index contributed by atoms with van der Waals surface area (Å²) in [6.07, 6.45) is 6.65. The molecule has 0 aliphatic heterocycles. The van der Waals surface area contributed by atoms with Gasteiger partial charge in [0.1, 0.15) is 5.75 Å². The van der Waals surface area contributed by atoms with Gasteiger partial charge in [-0.2, -0.15) is 0 Å². The summed E-state index contributed by atoms with van der Waals surface area (Å²) in [4.78, 5) is 4.42. The molecule has 2 aliphatic carbocycles. The second-order valence-corrected chi connectivity index (χ2v) is 7.09. The van der Waals surface area contributed by atoms with Crippen molar-refractivity contribution in [1.82, 2.24) is 10.6 Å². The van der Waals surface area contributed by atoms with Crippen LogP contribution in [0.3, 0.4) is 0 Å². The van der Waals surface area contributed by atoms with Crippen LogP contribution in [-0.2, 0) is 11.3 Å². The zero-order chi connectivity index (χ0) is 17.7. The molecule has 0 radical (unpaired) electrons. The highest BCUT2D eigenvalue weighted by molar-refractivity contribution is 5.80. The molecule has 2 unspecified atom stereocenters. The van der Waals surface area contributed by atoms with Crippen molar-refractivity contribution >= 4 is 5.96 Å². The van der Waals surface area contributed by atoms with E-state index < -0.39 is 0 Å². The second-order valence-electron chi connectivity index (χ2n) is 7.09. The molecule has 2 aliphatic rings. The predicted molar refractivity (Wildman–Crippen MR) is 101 cm³/mol. The summed E-state index contributed by atoms with van der Waals surface area (Å²) in [5.74, 6) is 1.75. The summed E-state index contributed by atoms with van der Waals surface area (Å²) in [5.41, 5.74) is 1.49. The number of rotatable bonds is 6. The number of ether oxygens (including phenoxy) is 2. The number of nitrogens with one attached hydrogen (secondary N) is 2. The fourth-order valence-electron chi connectivity index (χ4n) is 4.42. The maximum absolute atomic E-state index is 6.00. The Bertz CT molecular complexity index is 596. The van der Waals surface area contributed by atoms with Gasteiger partial charge in [-0.3, -0.25) is 4.99 Å². The SMILES string of the molecule is CCOC1CC(NC(=NC)NCc2cccc(OC)c2)C12CCCC2. The first-order chi connectivity index (χ1) is 12.2. The highest BCUT2D eigenvalue weighted by atomic mass is 16.5. The average molecular weight is 345 g/mol. The van der Waals surface area contributed by atoms with Crippen LogP contribution < -0.4 is 15.4 Å². The van der Waals surface area contributed by atoms with E-state index >= 15 is 0 Å². The Labute approximate surface area is 151 Å². The Kier molecular flexibility index (Phi) is 5.84. The van der Waals surface area contributed by atoms with Crippen molar-refractivity contribution in [2.24, 2.45) is 10.4 Å². The highest BCUT2D eigenvalue weighted by Crippen LogP contribution is 2.54. The van der Waals surface area contributed by atoms with Gasteiger partial charge in [0.15, 0.2) is 5.96 Å². The monoisotopic (exact) mass is 345 g/mol. The minimum absolute atomic E-state index is 0.309. The zero-order valence-electron chi connectivity index (χ0n) is 15.7. The number of guanidine groups is 1. The summed E-state index contributed by atoms with van der Waals surface area (Å²) in [5, 5.41) is 7.08. The van der Waals surface area contributed by atoms with Crippen molar-refractivity contribution in [2.75, 3.05) is 20.8 Å². The fraction of sp³-hybridized carbons (Fsp3) is 0.650. The van der Waals surface area contributed by atoms with E-state index in [9.17, 15) is 0 Å². The maximum atomic E-state index is 6.00. The van der Waals surface area contributed by atoms with Crippen molar-refractivity contribution in [3.8, 4) is 5.75 Å². The van der Waals surface area contributed by atoms with Crippen molar-refractivity contribution in [1.29, 1.82) is 0 Å². The molecule has 3 rings (SSSR count). The van der Waals surface area contributed by atoms with Gasteiger partial charge in [0.2, 0.25) is 0 Å². The molecule has 138 valence electrons. The zero-order valence-corrected chi connectivity index (χ0v) is 15.7. The molecule has 0 aromatic heterocycles. The maximum Gasteiger partial charge on any atom is 0.191 e. The van der Waals surface area contributed by atoms with E-state index in [0.29, 0.717) is 17.6 Å². The van der Waals surface area contributed by atoms with Gasteiger partial charge in [-0.25, -0.2) is 0 Å². The van der Waals surface area contributed by atoms with Crippen LogP contribution in [0.4, 0.5) is 0 Å². The molecule has 5 heteroatoms.